The summed E-state index contributed by atoms with van der Waals surface area (Å²) in [7, 11) is -3.79. The number of piperidine rings is 1. The summed E-state index contributed by atoms with van der Waals surface area (Å²) in [6.07, 6.45) is 1.43. The molecular formula is C13H20ClFN2O2S. The summed E-state index contributed by atoms with van der Waals surface area (Å²) < 4.78 is 40.9. The van der Waals surface area contributed by atoms with Crippen molar-refractivity contribution in [2.75, 3.05) is 6.54 Å². The second kappa shape index (κ2) is 6.85. The van der Waals surface area contributed by atoms with Crippen molar-refractivity contribution in [1.29, 1.82) is 0 Å². The monoisotopic (exact) mass is 322 g/mol. The van der Waals surface area contributed by atoms with Gasteiger partial charge in [0.1, 0.15) is 10.7 Å². The highest BCUT2D eigenvalue weighted by Crippen LogP contribution is 2.19. The molecule has 4 nitrogen and oxygen atoms in total. The number of benzene rings is 1. The highest BCUT2D eigenvalue weighted by Gasteiger charge is 2.26. The Hall–Kier alpha value is -0.690. The van der Waals surface area contributed by atoms with Crippen LogP contribution >= 0.6 is 12.4 Å². The Kier molecular flexibility index (Phi) is 5.94. The van der Waals surface area contributed by atoms with Crippen molar-refractivity contribution >= 4 is 22.4 Å². The van der Waals surface area contributed by atoms with Gasteiger partial charge < -0.3 is 5.32 Å². The number of halogens is 2. The molecule has 0 bridgehead atoms. The van der Waals surface area contributed by atoms with Crippen molar-refractivity contribution in [3.8, 4) is 0 Å². The van der Waals surface area contributed by atoms with Crippen LogP contribution in [-0.4, -0.2) is 27.0 Å². The van der Waals surface area contributed by atoms with Gasteiger partial charge in [0.2, 0.25) is 10.0 Å². The van der Waals surface area contributed by atoms with E-state index in [1.807, 2.05) is 6.92 Å². The third-order valence-electron chi connectivity index (χ3n) is 3.39. The van der Waals surface area contributed by atoms with Crippen molar-refractivity contribution in [2.24, 2.45) is 0 Å². The fraction of sp³-hybridized carbons (Fsp3) is 0.538. The molecule has 2 rings (SSSR count). The van der Waals surface area contributed by atoms with E-state index in [1.54, 1.807) is 19.1 Å². The molecule has 1 fully saturated rings. The third kappa shape index (κ3) is 3.91. The quantitative estimate of drug-likeness (QED) is 0.894. The van der Waals surface area contributed by atoms with E-state index in [2.05, 4.69) is 10.0 Å². The van der Waals surface area contributed by atoms with E-state index in [9.17, 15) is 12.8 Å². The van der Waals surface area contributed by atoms with E-state index < -0.39 is 15.8 Å². The summed E-state index contributed by atoms with van der Waals surface area (Å²) in [5.74, 6) is -0.669. The first-order valence-electron chi connectivity index (χ1n) is 6.41. The maximum atomic E-state index is 13.9. The van der Waals surface area contributed by atoms with Gasteiger partial charge in [0, 0.05) is 12.1 Å². The largest absolute Gasteiger partial charge is 0.314 e. The summed E-state index contributed by atoms with van der Waals surface area (Å²) in [6.45, 7) is 4.33. The number of nitrogens with one attached hydrogen (secondary N) is 2. The zero-order chi connectivity index (χ0) is 14.0. The van der Waals surface area contributed by atoms with Crippen LogP contribution in [0.1, 0.15) is 25.3 Å². The molecule has 7 heteroatoms. The van der Waals surface area contributed by atoms with Crippen LogP contribution in [-0.2, 0) is 10.0 Å². The predicted molar refractivity (Wildman–Crippen MR) is 79.2 cm³/mol. The average Bonchev–Trinajstić information content (AvgIpc) is 2.32. The summed E-state index contributed by atoms with van der Waals surface area (Å²) in [4.78, 5) is -0.265. The van der Waals surface area contributed by atoms with Gasteiger partial charge >= 0.3 is 0 Å². The Balaban J connectivity index is 0.00000200. The molecule has 1 aliphatic heterocycles. The van der Waals surface area contributed by atoms with E-state index in [0.29, 0.717) is 12.0 Å². The first kappa shape index (κ1) is 17.4. The average molecular weight is 323 g/mol. The van der Waals surface area contributed by atoms with Gasteiger partial charge in [0.25, 0.3) is 0 Å². The number of aryl methyl sites for hydroxylation is 1. The van der Waals surface area contributed by atoms with Crippen molar-refractivity contribution in [1.82, 2.24) is 10.0 Å². The zero-order valence-corrected chi connectivity index (χ0v) is 13.2. The Morgan fingerprint density at radius 3 is 2.75 bits per heavy atom. The van der Waals surface area contributed by atoms with Crippen LogP contribution < -0.4 is 10.0 Å². The third-order valence-corrected chi connectivity index (χ3v) is 4.93. The first-order chi connectivity index (χ1) is 8.90. The number of sulfonamides is 1. The molecule has 1 aromatic carbocycles. The summed E-state index contributed by atoms with van der Waals surface area (Å²) in [5.41, 5.74) is 0.335. The fourth-order valence-corrected chi connectivity index (χ4v) is 3.78. The van der Waals surface area contributed by atoms with Gasteiger partial charge in [-0.3, -0.25) is 0 Å². The van der Waals surface area contributed by atoms with Crippen LogP contribution in [0.4, 0.5) is 4.39 Å². The number of hydrogen-bond donors (Lipinski definition) is 2. The van der Waals surface area contributed by atoms with Gasteiger partial charge in [0.15, 0.2) is 0 Å². The van der Waals surface area contributed by atoms with Crippen molar-refractivity contribution < 1.29 is 12.8 Å². The molecule has 114 valence electrons. The predicted octanol–water partition coefficient (Wildman–Crippen LogP) is 1.97. The minimum Gasteiger partial charge on any atom is -0.314 e. The summed E-state index contributed by atoms with van der Waals surface area (Å²) in [5, 5.41) is 3.25. The summed E-state index contributed by atoms with van der Waals surface area (Å²) in [6, 6.07) is 4.54. The SMILES string of the molecule is Cc1cccc(S(=O)(=O)NC2CCNC(C)C2)c1F.Cl. The summed E-state index contributed by atoms with van der Waals surface area (Å²) >= 11 is 0. The van der Waals surface area contributed by atoms with Crippen molar-refractivity contribution in [3.63, 3.8) is 0 Å². The van der Waals surface area contributed by atoms with Crippen LogP contribution in [0.2, 0.25) is 0 Å². The first-order valence-corrected chi connectivity index (χ1v) is 7.89. The van der Waals surface area contributed by atoms with Crippen LogP contribution in [0.5, 0.6) is 0 Å². The lowest BCUT2D eigenvalue weighted by Gasteiger charge is -2.28. The molecular weight excluding hydrogens is 303 g/mol. The molecule has 1 aliphatic rings. The fourth-order valence-electron chi connectivity index (χ4n) is 2.35. The lowest BCUT2D eigenvalue weighted by molar-refractivity contribution is 0.361. The highest BCUT2D eigenvalue weighted by molar-refractivity contribution is 7.89. The van der Waals surface area contributed by atoms with E-state index in [1.165, 1.54) is 6.07 Å². The van der Waals surface area contributed by atoms with E-state index >= 15 is 0 Å². The minimum atomic E-state index is -3.79. The molecule has 0 saturated carbocycles. The molecule has 2 atom stereocenters. The maximum absolute atomic E-state index is 13.9. The minimum absolute atomic E-state index is 0. The standard InChI is InChI=1S/C13H19FN2O2S.ClH/c1-9-4-3-5-12(13(9)14)19(17,18)16-11-6-7-15-10(2)8-11;/h3-5,10-11,15-16H,6-8H2,1-2H3;1H. The van der Waals surface area contributed by atoms with Gasteiger partial charge in [-0.15, -0.1) is 12.4 Å². The maximum Gasteiger partial charge on any atom is 0.243 e. The highest BCUT2D eigenvalue weighted by atomic mass is 35.5. The Morgan fingerprint density at radius 1 is 1.40 bits per heavy atom. The van der Waals surface area contributed by atoms with Crippen molar-refractivity contribution in [3.05, 3.63) is 29.6 Å². The van der Waals surface area contributed by atoms with Gasteiger partial charge in [0.05, 0.1) is 0 Å². The van der Waals surface area contributed by atoms with Crippen LogP contribution in [0.25, 0.3) is 0 Å². The second-order valence-corrected chi connectivity index (χ2v) is 6.77. The van der Waals surface area contributed by atoms with Crippen LogP contribution in [0.15, 0.2) is 23.1 Å². The zero-order valence-electron chi connectivity index (χ0n) is 11.5. The lowest BCUT2D eigenvalue weighted by Crippen LogP contribution is -2.46. The molecule has 1 heterocycles. The molecule has 0 spiro atoms. The normalized spacial score (nSPS) is 23.1. The Bertz CT molecular complexity index is 565. The molecule has 2 unspecified atom stereocenters. The van der Waals surface area contributed by atoms with Crippen molar-refractivity contribution in [2.45, 2.75) is 43.7 Å². The molecule has 0 radical (unpaired) electrons. The Morgan fingerprint density at radius 2 is 2.10 bits per heavy atom. The smallest absolute Gasteiger partial charge is 0.243 e. The molecule has 0 amide bonds. The van der Waals surface area contributed by atoms with Gasteiger partial charge in [-0.2, -0.15) is 0 Å². The van der Waals surface area contributed by atoms with Gasteiger partial charge in [-0.1, -0.05) is 12.1 Å². The van der Waals surface area contributed by atoms with Crippen LogP contribution in [0.3, 0.4) is 0 Å². The molecule has 20 heavy (non-hydrogen) atoms. The number of hydrogen-bond acceptors (Lipinski definition) is 3. The van der Waals surface area contributed by atoms with Crippen LogP contribution in [0, 0.1) is 12.7 Å². The topological polar surface area (TPSA) is 58.2 Å². The number of rotatable bonds is 3. The Labute approximate surface area is 125 Å². The second-order valence-electron chi connectivity index (χ2n) is 5.08. The van der Waals surface area contributed by atoms with E-state index in [0.717, 1.165) is 13.0 Å². The molecule has 1 aromatic rings. The van der Waals surface area contributed by atoms with E-state index in [-0.39, 0.29) is 29.4 Å². The van der Waals surface area contributed by atoms with E-state index in [4.69, 9.17) is 0 Å². The molecule has 1 saturated heterocycles. The molecule has 0 aliphatic carbocycles. The van der Waals surface area contributed by atoms with Gasteiger partial charge in [-0.25, -0.2) is 17.5 Å². The van der Waals surface area contributed by atoms with Gasteiger partial charge in [-0.05, 0) is 44.9 Å². The molecule has 2 N–H and O–H groups in total. The molecule has 0 aromatic heterocycles. The lowest BCUT2D eigenvalue weighted by atomic mass is 10.0.